The van der Waals surface area contributed by atoms with Gasteiger partial charge in [0.2, 0.25) is 0 Å². The molecule has 2 fully saturated rings. The van der Waals surface area contributed by atoms with Crippen LogP contribution in [0.1, 0.15) is 24.8 Å². The third-order valence-electron chi connectivity index (χ3n) is 3.74. The molecule has 4 heteroatoms. The summed E-state index contributed by atoms with van der Waals surface area (Å²) in [7, 11) is 0. The molecule has 1 aromatic heterocycles. The maximum Gasteiger partial charge on any atom is 0.0312 e. The van der Waals surface area contributed by atoms with E-state index in [1.807, 2.05) is 18.5 Å². The first-order valence-corrected chi connectivity index (χ1v) is 6.27. The van der Waals surface area contributed by atoms with Crippen molar-refractivity contribution in [1.29, 1.82) is 0 Å². The molecule has 0 aliphatic carbocycles. The lowest BCUT2D eigenvalue weighted by molar-refractivity contribution is 0.250. The molecule has 1 N–H and O–H groups in total. The van der Waals surface area contributed by atoms with Crippen molar-refractivity contribution < 1.29 is 0 Å². The average Bonchev–Trinajstić information content (AvgIpc) is 2.64. The van der Waals surface area contributed by atoms with Crippen molar-refractivity contribution in [3.8, 4) is 0 Å². The van der Waals surface area contributed by atoms with E-state index in [0.717, 1.165) is 18.6 Å². The Balaban J connectivity index is 0.00000108. The molecule has 2 bridgehead atoms. The number of fused-ring (bicyclic) bond motifs is 2. The molecule has 2 saturated heterocycles. The van der Waals surface area contributed by atoms with Gasteiger partial charge in [-0.2, -0.15) is 0 Å². The van der Waals surface area contributed by atoms with E-state index in [1.165, 1.54) is 37.9 Å². The van der Waals surface area contributed by atoms with E-state index in [9.17, 15) is 0 Å². The second-order valence-electron chi connectivity index (χ2n) is 5.02. The van der Waals surface area contributed by atoms with Crippen LogP contribution in [0.15, 0.2) is 24.5 Å². The standard InChI is InChI=1S/C13H19N3.ClH/c1-2-11(8-14-6-1)9-16-7-5-12-3-4-13(10-16)15-12;/h1-2,6,8,12-13,15H,3-5,7,9-10H2;1H. The summed E-state index contributed by atoms with van der Waals surface area (Å²) in [5.74, 6) is 0. The van der Waals surface area contributed by atoms with E-state index in [4.69, 9.17) is 0 Å². The fourth-order valence-electron chi connectivity index (χ4n) is 2.91. The SMILES string of the molecule is Cl.c1cncc(CN2CCC3CCC(C2)N3)c1. The number of hydrogen-bond acceptors (Lipinski definition) is 3. The van der Waals surface area contributed by atoms with Gasteiger partial charge in [0.1, 0.15) is 0 Å². The summed E-state index contributed by atoms with van der Waals surface area (Å²) in [5, 5.41) is 3.71. The molecule has 1 aromatic rings. The summed E-state index contributed by atoms with van der Waals surface area (Å²) in [6, 6.07) is 5.70. The molecule has 2 aliphatic rings. The van der Waals surface area contributed by atoms with Crippen LogP contribution < -0.4 is 5.32 Å². The van der Waals surface area contributed by atoms with Crippen molar-refractivity contribution in [2.75, 3.05) is 13.1 Å². The van der Waals surface area contributed by atoms with Gasteiger partial charge in [-0.1, -0.05) is 6.07 Å². The van der Waals surface area contributed by atoms with Crippen molar-refractivity contribution in [3.05, 3.63) is 30.1 Å². The minimum Gasteiger partial charge on any atom is -0.310 e. The highest BCUT2D eigenvalue weighted by Crippen LogP contribution is 2.21. The Hall–Kier alpha value is -0.640. The van der Waals surface area contributed by atoms with Gasteiger partial charge in [-0.05, 0) is 30.9 Å². The molecule has 3 rings (SSSR count). The first-order chi connectivity index (χ1) is 7.90. The molecule has 0 spiro atoms. The lowest BCUT2D eigenvalue weighted by Gasteiger charge is -2.23. The van der Waals surface area contributed by atoms with Crippen LogP contribution in [0.3, 0.4) is 0 Å². The van der Waals surface area contributed by atoms with Gasteiger partial charge in [0.15, 0.2) is 0 Å². The van der Waals surface area contributed by atoms with Crippen molar-refractivity contribution in [3.63, 3.8) is 0 Å². The molecule has 2 aliphatic heterocycles. The van der Waals surface area contributed by atoms with E-state index in [-0.39, 0.29) is 12.4 Å². The summed E-state index contributed by atoms with van der Waals surface area (Å²) in [5.41, 5.74) is 1.33. The highest BCUT2D eigenvalue weighted by Gasteiger charge is 2.28. The van der Waals surface area contributed by atoms with Crippen LogP contribution in [0.4, 0.5) is 0 Å². The van der Waals surface area contributed by atoms with Crippen molar-refractivity contribution in [2.24, 2.45) is 0 Å². The van der Waals surface area contributed by atoms with Crippen molar-refractivity contribution in [1.82, 2.24) is 15.2 Å². The predicted octanol–water partition coefficient (Wildman–Crippen LogP) is 1.83. The van der Waals surface area contributed by atoms with E-state index >= 15 is 0 Å². The third-order valence-corrected chi connectivity index (χ3v) is 3.74. The van der Waals surface area contributed by atoms with E-state index in [0.29, 0.717) is 0 Å². The van der Waals surface area contributed by atoms with Gasteiger partial charge in [-0.3, -0.25) is 9.88 Å². The van der Waals surface area contributed by atoms with Gasteiger partial charge < -0.3 is 5.32 Å². The molecule has 94 valence electrons. The Morgan fingerprint density at radius 1 is 1.29 bits per heavy atom. The maximum atomic E-state index is 4.18. The minimum atomic E-state index is 0. The zero-order chi connectivity index (χ0) is 10.8. The third kappa shape index (κ3) is 3.18. The van der Waals surface area contributed by atoms with Gasteiger partial charge in [0.05, 0.1) is 0 Å². The zero-order valence-corrected chi connectivity index (χ0v) is 10.8. The fourth-order valence-corrected chi connectivity index (χ4v) is 2.91. The van der Waals surface area contributed by atoms with Crippen molar-refractivity contribution >= 4 is 12.4 Å². The molecule has 2 atom stereocenters. The molecular weight excluding hydrogens is 234 g/mol. The molecule has 3 nitrogen and oxygen atoms in total. The first kappa shape index (κ1) is 12.8. The largest absolute Gasteiger partial charge is 0.310 e. The lowest BCUT2D eigenvalue weighted by Crippen LogP contribution is -2.34. The van der Waals surface area contributed by atoms with Crippen LogP contribution >= 0.6 is 12.4 Å². The minimum absolute atomic E-state index is 0. The van der Waals surface area contributed by atoms with E-state index in [1.54, 1.807) is 0 Å². The summed E-state index contributed by atoms with van der Waals surface area (Å²) in [4.78, 5) is 6.74. The average molecular weight is 254 g/mol. The molecule has 0 saturated carbocycles. The molecule has 17 heavy (non-hydrogen) atoms. The number of likely N-dealkylation sites (tertiary alicyclic amines) is 1. The lowest BCUT2D eigenvalue weighted by atomic mass is 10.1. The maximum absolute atomic E-state index is 4.18. The van der Waals surface area contributed by atoms with Gasteiger partial charge >= 0.3 is 0 Å². The Morgan fingerprint density at radius 3 is 3.00 bits per heavy atom. The van der Waals surface area contributed by atoms with Crippen LogP contribution in [0.25, 0.3) is 0 Å². The number of aromatic nitrogens is 1. The van der Waals surface area contributed by atoms with E-state index in [2.05, 4.69) is 21.3 Å². The molecule has 0 radical (unpaired) electrons. The first-order valence-electron chi connectivity index (χ1n) is 6.27. The van der Waals surface area contributed by atoms with Gasteiger partial charge in [0, 0.05) is 44.1 Å². The van der Waals surface area contributed by atoms with Gasteiger partial charge in [-0.25, -0.2) is 0 Å². The number of hydrogen-bond donors (Lipinski definition) is 1. The van der Waals surface area contributed by atoms with Crippen LogP contribution in [-0.2, 0) is 6.54 Å². The Kier molecular flexibility index (Phi) is 4.37. The molecule has 0 aromatic carbocycles. The topological polar surface area (TPSA) is 28.2 Å². The van der Waals surface area contributed by atoms with Crippen LogP contribution in [-0.4, -0.2) is 35.1 Å². The smallest absolute Gasteiger partial charge is 0.0312 e. The Bertz CT molecular complexity index is 344. The highest BCUT2D eigenvalue weighted by atomic mass is 35.5. The Labute approximate surface area is 109 Å². The van der Waals surface area contributed by atoms with Crippen LogP contribution in [0.2, 0.25) is 0 Å². The van der Waals surface area contributed by atoms with Crippen molar-refractivity contribution in [2.45, 2.75) is 37.9 Å². The number of pyridine rings is 1. The summed E-state index contributed by atoms with van der Waals surface area (Å²) >= 11 is 0. The number of nitrogens with zero attached hydrogens (tertiary/aromatic N) is 2. The second-order valence-corrected chi connectivity index (χ2v) is 5.02. The van der Waals surface area contributed by atoms with Gasteiger partial charge in [0.25, 0.3) is 0 Å². The highest BCUT2D eigenvalue weighted by molar-refractivity contribution is 5.85. The molecular formula is C13H20ClN3. The number of halogens is 1. The summed E-state index contributed by atoms with van der Waals surface area (Å²) < 4.78 is 0. The summed E-state index contributed by atoms with van der Waals surface area (Å²) in [6.07, 6.45) is 7.86. The quantitative estimate of drug-likeness (QED) is 0.872. The fraction of sp³-hybridized carbons (Fsp3) is 0.615. The molecule has 3 heterocycles. The van der Waals surface area contributed by atoms with Crippen LogP contribution in [0, 0.1) is 0 Å². The van der Waals surface area contributed by atoms with Gasteiger partial charge in [-0.15, -0.1) is 12.4 Å². The monoisotopic (exact) mass is 253 g/mol. The summed E-state index contributed by atoms with van der Waals surface area (Å²) in [6.45, 7) is 3.48. The zero-order valence-electron chi connectivity index (χ0n) is 10.0. The molecule has 0 amide bonds. The predicted molar refractivity (Wildman–Crippen MR) is 71.3 cm³/mol. The number of nitrogens with one attached hydrogen (secondary N) is 1. The normalized spacial score (nSPS) is 28.5. The molecule has 2 unspecified atom stereocenters. The Morgan fingerprint density at radius 2 is 2.18 bits per heavy atom. The van der Waals surface area contributed by atoms with Crippen LogP contribution in [0.5, 0.6) is 0 Å². The number of rotatable bonds is 2. The second kappa shape index (κ2) is 5.80. The van der Waals surface area contributed by atoms with E-state index < -0.39 is 0 Å².